The van der Waals surface area contributed by atoms with Gasteiger partial charge in [0.25, 0.3) is 0 Å². The summed E-state index contributed by atoms with van der Waals surface area (Å²) in [6, 6.07) is 0. The Morgan fingerprint density at radius 2 is 1.80 bits per heavy atom. The number of carbonyl (C=O) groups excluding carboxylic acids is 1. The molecule has 0 aliphatic heterocycles. The van der Waals surface area contributed by atoms with Gasteiger partial charge in [0.15, 0.2) is 5.78 Å². The van der Waals surface area contributed by atoms with Crippen molar-refractivity contribution in [3.05, 3.63) is 35.5 Å². The molecule has 1 nitrogen and oxygen atoms in total. The van der Waals surface area contributed by atoms with Crippen LogP contribution in [0.1, 0.15) is 47.0 Å². The Hall–Kier alpha value is -1.11. The second-order valence-electron chi connectivity index (χ2n) is 3.20. The van der Waals surface area contributed by atoms with Crippen molar-refractivity contribution < 1.29 is 4.79 Å². The van der Waals surface area contributed by atoms with Crippen molar-refractivity contribution >= 4 is 5.78 Å². The maximum atomic E-state index is 11.5. The summed E-state index contributed by atoms with van der Waals surface area (Å²) >= 11 is 0. The molecule has 84 valence electrons. The Bertz CT molecular complexity index is 280. The summed E-state index contributed by atoms with van der Waals surface area (Å²) in [5, 5.41) is 0. The highest BCUT2D eigenvalue weighted by Crippen LogP contribution is 2.25. The number of allylic oxidation sites excluding steroid dienone is 6. The van der Waals surface area contributed by atoms with Crippen LogP contribution in [-0.4, -0.2) is 5.78 Å². The van der Waals surface area contributed by atoms with Crippen molar-refractivity contribution in [2.24, 2.45) is 0 Å². The van der Waals surface area contributed by atoms with Gasteiger partial charge >= 0.3 is 0 Å². The summed E-state index contributed by atoms with van der Waals surface area (Å²) in [5.74, 6) is 0.289. The molecule has 1 saturated carbocycles. The molecule has 1 rings (SSSR count). The molecular formula is C14H22O. The van der Waals surface area contributed by atoms with E-state index in [0.29, 0.717) is 6.42 Å². The second-order valence-corrected chi connectivity index (χ2v) is 3.20. The van der Waals surface area contributed by atoms with Gasteiger partial charge in [-0.2, -0.15) is 0 Å². The molecule has 0 radical (unpaired) electrons. The van der Waals surface area contributed by atoms with Crippen LogP contribution in [0.5, 0.6) is 0 Å². The summed E-state index contributed by atoms with van der Waals surface area (Å²) < 4.78 is 0. The molecule has 0 N–H and O–H groups in total. The van der Waals surface area contributed by atoms with Crippen LogP contribution in [0.3, 0.4) is 0 Å². The first-order chi connectivity index (χ1) is 7.29. The average molecular weight is 206 g/mol. The van der Waals surface area contributed by atoms with Crippen molar-refractivity contribution in [2.75, 3.05) is 0 Å². The third-order valence-corrected chi connectivity index (χ3v) is 2.30. The predicted molar refractivity (Wildman–Crippen MR) is 66.9 cm³/mol. The van der Waals surface area contributed by atoms with Crippen molar-refractivity contribution in [1.82, 2.24) is 0 Å². The zero-order valence-electron chi connectivity index (χ0n) is 10.3. The first-order valence-electron chi connectivity index (χ1n) is 5.81. The Balaban J connectivity index is 0.000000921. The fraction of sp³-hybridized carbons (Fsp3) is 0.500. The SMILES string of the molecule is CC.C\C=C/C=C1/C(=O)CCC/C1=C/C. The number of Topliss-reactive ketones (excluding diaryl/α,β-unsaturated/α-hetero) is 1. The molecule has 1 fully saturated rings. The van der Waals surface area contributed by atoms with Crippen molar-refractivity contribution in [1.29, 1.82) is 0 Å². The van der Waals surface area contributed by atoms with Gasteiger partial charge in [0.2, 0.25) is 0 Å². The maximum absolute atomic E-state index is 11.5. The van der Waals surface area contributed by atoms with E-state index in [-0.39, 0.29) is 5.78 Å². The largest absolute Gasteiger partial charge is 0.294 e. The van der Waals surface area contributed by atoms with E-state index in [2.05, 4.69) is 0 Å². The lowest BCUT2D eigenvalue weighted by atomic mass is 9.88. The van der Waals surface area contributed by atoms with Gasteiger partial charge in [-0.25, -0.2) is 0 Å². The number of carbonyl (C=O) groups is 1. The zero-order valence-corrected chi connectivity index (χ0v) is 10.3. The lowest BCUT2D eigenvalue weighted by Crippen LogP contribution is -2.10. The van der Waals surface area contributed by atoms with E-state index in [9.17, 15) is 4.79 Å². The second kappa shape index (κ2) is 8.22. The van der Waals surface area contributed by atoms with E-state index in [4.69, 9.17) is 0 Å². The minimum atomic E-state index is 0.289. The smallest absolute Gasteiger partial charge is 0.163 e. The number of hydrogen-bond acceptors (Lipinski definition) is 1. The monoisotopic (exact) mass is 206 g/mol. The van der Waals surface area contributed by atoms with Crippen LogP contribution in [0.2, 0.25) is 0 Å². The van der Waals surface area contributed by atoms with Gasteiger partial charge in [0, 0.05) is 12.0 Å². The molecule has 1 heteroatoms. The normalized spacial score (nSPS) is 22.0. The van der Waals surface area contributed by atoms with E-state index in [1.807, 2.05) is 52.0 Å². The number of rotatable bonds is 1. The highest BCUT2D eigenvalue weighted by molar-refractivity contribution is 6.00. The van der Waals surface area contributed by atoms with Gasteiger partial charge in [0.1, 0.15) is 0 Å². The molecule has 0 aromatic rings. The molecule has 0 heterocycles. The van der Waals surface area contributed by atoms with E-state index in [1.165, 1.54) is 5.57 Å². The highest BCUT2D eigenvalue weighted by Gasteiger charge is 2.17. The third-order valence-electron chi connectivity index (χ3n) is 2.30. The van der Waals surface area contributed by atoms with E-state index in [0.717, 1.165) is 18.4 Å². The molecule has 1 aliphatic rings. The molecule has 15 heavy (non-hydrogen) atoms. The Morgan fingerprint density at radius 3 is 2.33 bits per heavy atom. The molecule has 1 aliphatic carbocycles. The van der Waals surface area contributed by atoms with Crippen LogP contribution < -0.4 is 0 Å². The molecule has 0 bridgehead atoms. The summed E-state index contributed by atoms with van der Waals surface area (Å²) in [7, 11) is 0. The summed E-state index contributed by atoms with van der Waals surface area (Å²) in [4.78, 5) is 11.5. The van der Waals surface area contributed by atoms with Crippen LogP contribution >= 0.6 is 0 Å². The van der Waals surface area contributed by atoms with Crippen molar-refractivity contribution in [2.45, 2.75) is 47.0 Å². The van der Waals surface area contributed by atoms with Gasteiger partial charge in [0.05, 0.1) is 0 Å². The molecule has 0 amide bonds. The van der Waals surface area contributed by atoms with Gasteiger partial charge in [-0.3, -0.25) is 4.79 Å². The quantitative estimate of drug-likeness (QED) is 0.587. The molecule has 0 saturated heterocycles. The first-order valence-corrected chi connectivity index (χ1v) is 5.81. The fourth-order valence-corrected chi connectivity index (χ4v) is 1.58. The first kappa shape index (κ1) is 13.9. The Kier molecular flexibility index (Phi) is 7.61. The molecule has 0 spiro atoms. The average Bonchev–Trinajstić information content (AvgIpc) is 2.30. The minimum Gasteiger partial charge on any atom is -0.294 e. The van der Waals surface area contributed by atoms with Gasteiger partial charge in [-0.15, -0.1) is 0 Å². The molecule has 0 unspecified atom stereocenters. The van der Waals surface area contributed by atoms with Crippen LogP contribution in [0.25, 0.3) is 0 Å². The van der Waals surface area contributed by atoms with Crippen LogP contribution in [-0.2, 0) is 4.79 Å². The van der Waals surface area contributed by atoms with E-state index < -0.39 is 0 Å². The van der Waals surface area contributed by atoms with Gasteiger partial charge in [-0.1, -0.05) is 38.2 Å². The van der Waals surface area contributed by atoms with Gasteiger partial charge < -0.3 is 0 Å². The third kappa shape index (κ3) is 4.28. The van der Waals surface area contributed by atoms with Gasteiger partial charge in [-0.05, 0) is 32.3 Å². The molecule has 0 aromatic heterocycles. The van der Waals surface area contributed by atoms with Crippen LogP contribution in [0.4, 0.5) is 0 Å². The van der Waals surface area contributed by atoms with E-state index >= 15 is 0 Å². The standard InChI is InChI=1S/C12H16O.C2H6/c1-3-5-8-11-10(4-2)7-6-9-12(11)13;1-2/h3-5,8H,6-7,9H2,1-2H3;1-2H3/b5-3-,10-4-,11-8+;. The lowest BCUT2D eigenvalue weighted by Gasteiger charge is -2.15. The van der Waals surface area contributed by atoms with Crippen molar-refractivity contribution in [3.8, 4) is 0 Å². The highest BCUT2D eigenvalue weighted by atomic mass is 16.1. The number of hydrogen-bond donors (Lipinski definition) is 0. The summed E-state index contributed by atoms with van der Waals surface area (Å²) in [5.41, 5.74) is 2.11. The molecule has 0 aromatic carbocycles. The fourth-order valence-electron chi connectivity index (χ4n) is 1.58. The molecule has 0 atom stereocenters. The molecular weight excluding hydrogens is 184 g/mol. The Labute approximate surface area is 93.6 Å². The van der Waals surface area contributed by atoms with Crippen molar-refractivity contribution in [3.63, 3.8) is 0 Å². The maximum Gasteiger partial charge on any atom is 0.163 e. The zero-order chi connectivity index (χ0) is 11.7. The lowest BCUT2D eigenvalue weighted by molar-refractivity contribution is -0.115. The van der Waals surface area contributed by atoms with E-state index in [1.54, 1.807) is 0 Å². The minimum absolute atomic E-state index is 0.289. The predicted octanol–water partition coefficient (Wildman–Crippen LogP) is 4.21. The Morgan fingerprint density at radius 1 is 1.13 bits per heavy atom. The van der Waals surface area contributed by atoms with Crippen LogP contribution in [0, 0.1) is 0 Å². The summed E-state index contributed by atoms with van der Waals surface area (Å²) in [6.07, 6.45) is 10.6. The topological polar surface area (TPSA) is 17.1 Å². The number of ketones is 1. The summed E-state index contributed by atoms with van der Waals surface area (Å²) in [6.45, 7) is 7.96. The van der Waals surface area contributed by atoms with Crippen LogP contribution in [0.15, 0.2) is 35.5 Å².